The minimum absolute atomic E-state index is 0.0966. The lowest BCUT2D eigenvalue weighted by molar-refractivity contribution is 0.597. The van der Waals surface area contributed by atoms with Crippen LogP contribution in [0.4, 0.5) is 0 Å². The zero-order valence-electron chi connectivity index (χ0n) is 6.71. The lowest BCUT2D eigenvalue weighted by Gasteiger charge is -2.05. The molecule has 0 fully saturated rings. The molecule has 0 aliphatic carbocycles. The topological polar surface area (TPSA) is 60.2 Å². The van der Waals surface area contributed by atoms with E-state index in [0.29, 0.717) is 8.95 Å². The summed E-state index contributed by atoms with van der Waals surface area (Å²) in [7, 11) is -3.66. The standard InChI is InChI=1S/C7H7Br2NO2S/c1-4-2-5(8)7(9)6(3-4)13(10,11)12/h2-3H,1H3,(H2,10,11,12). The van der Waals surface area contributed by atoms with Gasteiger partial charge in [0.2, 0.25) is 10.0 Å². The number of aryl methyl sites for hydroxylation is 1. The minimum Gasteiger partial charge on any atom is -0.225 e. The summed E-state index contributed by atoms with van der Waals surface area (Å²) in [5.74, 6) is 0. The quantitative estimate of drug-likeness (QED) is 0.858. The molecule has 6 heteroatoms. The van der Waals surface area contributed by atoms with Crippen LogP contribution in [0.5, 0.6) is 0 Å². The Bertz CT molecular complexity index is 442. The van der Waals surface area contributed by atoms with Gasteiger partial charge in [0.15, 0.2) is 0 Å². The van der Waals surface area contributed by atoms with Gasteiger partial charge in [-0.05, 0) is 56.5 Å². The fraction of sp³-hybridized carbons (Fsp3) is 0.143. The van der Waals surface area contributed by atoms with Gasteiger partial charge in [-0.1, -0.05) is 0 Å². The van der Waals surface area contributed by atoms with Crippen LogP contribution in [0.1, 0.15) is 5.56 Å². The van der Waals surface area contributed by atoms with Crippen LogP contribution in [-0.2, 0) is 10.0 Å². The third-order valence-corrected chi connectivity index (χ3v) is 4.66. The summed E-state index contributed by atoms with van der Waals surface area (Å²) in [4.78, 5) is 0.0966. The van der Waals surface area contributed by atoms with E-state index in [2.05, 4.69) is 31.9 Å². The Morgan fingerprint density at radius 3 is 2.31 bits per heavy atom. The van der Waals surface area contributed by atoms with E-state index in [4.69, 9.17) is 5.14 Å². The third kappa shape index (κ3) is 2.52. The van der Waals surface area contributed by atoms with Crippen LogP contribution in [0.3, 0.4) is 0 Å². The van der Waals surface area contributed by atoms with Gasteiger partial charge in [0.25, 0.3) is 0 Å². The number of hydrogen-bond acceptors (Lipinski definition) is 2. The molecule has 0 bridgehead atoms. The summed E-state index contributed by atoms with van der Waals surface area (Å²) in [5.41, 5.74) is 0.833. The van der Waals surface area contributed by atoms with Crippen LogP contribution < -0.4 is 5.14 Å². The predicted molar refractivity (Wildman–Crippen MR) is 58.0 cm³/mol. The second-order valence-electron chi connectivity index (χ2n) is 2.60. The van der Waals surface area contributed by atoms with Crippen molar-refractivity contribution in [3.8, 4) is 0 Å². The van der Waals surface area contributed by atoms with Gasteiger partial charge in [0.1, 0.15) is 0 Å². The third-order valence-electron chi connectivity index (χ3n) is 1.45. The van der Waals surface area contributed by atoms with E-state index in [1.54, 1.807) is 13.0 Å². The van der Waals surface area contributed by atoms with Crippen LogP contribution >= 0.6 is 31.9 Å². The lowest BCUT2D eigenvalue weighted by Crippen LogP contribution is -2.13. The molecule has 0 aliphatic heterocycles. The lowest BCUT2D eigenvalue weighted by atomic mass is 10.2. The van der Waals surface area contributed by atoms with Crippen molar-refractivity contribution < 1.29 is 8.42 Å². The van der Waals surface area contributed by atoms with Crippen LogP contribution in [0, 0.1) is 6.92 Å². The predicted octanol–water partition coefficient (Wildman–Crippen LogP) is 2.17. The van der Waals surface area contributed by atoms with Gasteiger partial charge in [-0.3, -0.25) is 0 Å². The molecule has 0 aliphatic rings. The largest absolute Gasteiger partial charge is 0.239 e. The maximum absolute atomic E-state index is 11.1. The Hall–Kier alpha value is 0.0900. The molecule has 3 nitrogen and oxygen atoms in total. The van der Waals surface area contributed by atoms with Crippen molar-refractivity contribution in [2.24, 2.45) is 5.14 Å². The van der Waals surface area contributed by atoms with E-state index >= 15 is 0 Å². The van der Waals surface area contributed by atoms with E-state index < -0.39 is 10.0 Å². The Morgan fingerprint density at radius 2 is 1.85 bits per heavy atom. The maximum Gasteiger partial charge on any atom is 0.239 e. The number of benzene rings is 1. The van der Waals surface area contributed by atoms with Crippen molar-refractivity contribution in [1.29, 1.82) is 0 Å². The van der Waals surface area contributed by atoms with Gasteiger partial charge in [0, 0.05) is 4.47 Å². The minimum atomic E-state index is -3.66. The van der Waals surface area contributed by atoms with Gasteiger partial charge in [-0.15, -0.1) is 0 Å². The molecule has 72 valence electrons. The SMILES string of the molecule is Cc1cc(Br)c(Br)c(S(N)(=O)=O)c1. The van der Waals surface area contributed by atoms with Crippen LogP contribution in [0.2, 0.25) is 0 Å². The summed E-state index contributed by atoms with van der Waals surface area (Å²) < 4.78 is 23.3. The van der Waals surface area contributed by atoms with Gasteiger partial charge < -0.3 is 0 Å². The molecule has 13 heavy (non-hydrogen) atoms. The highest BCUT2D eigenvalue weighted by atomic mass is 79.9. The Morgan fingerprint density at radius 1 is 1.31 bits per heavy atom. The number of primary sulfonamides is 1. The molecule has 0 saturated carbocycles. The van der Waals surface area contributed by atoms with Gasteiger partial charge in [0.05, 0.1) is 9.37 Å². The highest BCUT2D eigenvalue weighted by Crippen LogP contribution is 2.30. The zero-order valence-corrected chi connectivity index (χ0v) is 10.7. The highest BCUT2D eigenvalue weighted by Gasteiger charge is 2.14. The number of hydrogen-bond donors (Lipinski definition) is 1. The Kier molecular flexibility index (Phi) is 3.16. The Balaban J connectivity index is 3.56. The molecule has 1 aromatic rings. The smallest absolute Gasteiger partial charge is 0.225 e. The molecule has 0 saturated heterocycles. The molecule has 0 aromatic heterocycles. The molecule has 0 amide bonds. The second-order valence-corrected chi connectivity index (χ2v) is 5.78. The average molecular weight is 329 g/mol. The van der Waals surface area contributed by atoms with E-state index in [1.165, 1.54) is 6.07 Å². The summed E-state index contributed by atoms with van der Waals surface area (Å²) in [6.07, 6.45) is 0. The van der Waals surface area contributed by atoms with Gasteiger partial charge >= 0.3 is 0 Å². The zero-order chi connectivity index (χ0) is 10.2. The molecule has 0 radical (unpaired) electrons. The van der Waals surface area contributed by atoms with E-state index in [1.807, 2.05) is 0 Å². The fourth-order valence-corrected chi connectivity index (χ4v) is 3.22. The first-order valence-corrected chi connectivity index (χ1v) is 6.44. The monoisotopic (exact) mass is 327 g/mol. The number of rotatable bonds is 1. The number of halogens is 2. The molecule has 0 heterocycles. The first-order chi connectivity index (χ1) is 5.82. The van der Waals surface area contributed by atoms with Crippen LogP contribution in [0.15, 0.2) is 26.0 Å². The molecule has 0 spiro atoms. The fourth-order valence-electron chi connectivity index (χ4n) is 0.900. The summed E-state index contributed by atoms with van der Waals surface area (Å²) in [5, 5.41) is 5.02. The highest BCUT2D eigenvalue weighted by molar-refractivity contribution is 9.13. The van der Waals surface area contributed by atoms with E-state index in [0.717, 1.165) is 5.56 Å². The second kappa shape index (κ2) is 3.68. The summed E-state index contributed by atoms with van der Waals surface area (Å²) in [6.45, 7) is 1.80. The number of nitrogens with two attached hydrogens (primary N) is 1. The van der Waals surface area contributed by atoms with Crippen LogP contribution in [-0.4, -0.2) is 8.42 Å². The van der Waals surface area contributed by atoms with Crippen molar-refractivity contribution in [2.75, 3.05) is 0 Å². The van der Waals surface area contributed by atoms with Gasteiger partial charge in [-0.2, -0.15) is 0 Å². The van der Waals surface area contributed by atoms with E-state index in [-0.39, 0.29) is 4.90 Å². The van der Waals surface area contributed by atoms with E-state index in [9.17, 15) is 8.42 Å². The van der Waals surface area contributed by atoms with Crippen molar-refractivity contribution in [1.82, 2.24) is 0 Å². The van der Waals surface area contributed by atoms with Gasteiger partial charge in [-0.25, -0.2) is 13.6 Å². The van der Waals surface area contributed by atoms with Crippen molar-refractivity contribution in [2.45, 2.75) is 11.8 Å². The van der Waals surface area contributed by atoms with Crippen molar-refractivity contribution in [3.05, 3.63) is 26.6 Å². The number of sulfonamides is 1. The van der Waals surface area contributed by atoms with Crippen molar-refractivity contribution in [3.63, 3.8) is 0 Å². The molecule has 1 aromatic carbocycles. The molecule has 1 rings (SSSR count). The normalized spacial score (nSPS) is 11.7. The first-order valence-electron chi connectivity index (χ1n) is 3.31. The summed E-state index contributed by atoms with van der Waals surface area (Å²) in [6, 6.07) is 3.32. The van der Waals surface area contributed by atoms with Crippen LogP contribution in [0.25, 0.3) is 0 Å². The Labute approximate surface area is 93.6 Å². The average Bonchev–Trinajstić information content (AvgIpc) is 1.94. The first kappa shape index (κ1) is 11.2. The molecular formula is C7H7Br2NO2S. The van der Waals surface area contributed by atoms with Crippen molar-refractivity contribution >= 4 is 41.9 Å². The molecule has 0 unspecified atom stereocenters. The molecular weight excluding hydrogens is 322 g/mol. The maximum atomic E-state index is 11.1. The molecule has 2 N–H and O–H groups in total. The molecule has 0 atom stereocenters. The summed E-state index contributed by atoms with van der Waals surface area (Å²) >= 11 is 6.37.